The molecule has 0 spiro atoms. The fourth-order valence-electron chi connectivity index (χ4n) is 1.73. The van der Waals surface area contributed by atoms with E-state index in [2.05, 4.69) is 24.0 Å². The van der Waals surface area contributed by atoms with E-state index in [1.54, 1.807) is 18.7 Å². The molecule has 1 heterocycles. The summed E-state index contributed by atoms with van der Waals surface area (Å²) >= 11 is 1.77. The fourth-order valence-corrected chi connectivity index (χ4v) is 2.62. The summed E-state index contributed by atoms with van der Waals surface area (Å²) in [6.45, 7) is 8.52. The fraction of sp³-hybridized carbons (Fsp3) is 0.786. The number of carbonyl (C=O) groups excluding carboxylic acids is 1. The Hall–Kier alpha value is -1.04. The van der Waals surface area contributed by atoms with Crippen LogP contribution in [0.2, 0.25) is 0 Å². The number of nitrogens with zero attached hydrogens (tertiary/aromatic N) is 2. The number of thioether (sulfide) groups is 1. The van der Waals surface area contributed by atoms with Crippen LogP contribution >= 0.6 is 11.8 Å². The molecule has 0 aliphatic carbocycles. The number of rotatable bonds is 9. The van der Waals surface area contributed by atoms with E-state index in [0.717, 1.165) is 12.2 Å². The summed E-state index contributed by atoms with van der Waals surface area (Å²) in [6, 6.07) is 0. The van der Waals surface area contributed by atoms with E-state index in [1.165, 1.54) is 0 Å². The Labute approximate surface area is 124 Å². The zero-order chi connectivity index (χ0) is 15.0. The van der Waals surface area contributed by atoms with Gasteiger partial charge in [-0.15, -0.1) is 0 Å². The Balaban J connectivity index is 2.63. The minimum absolute atomic E-state index is 0.278. The average Bonchev–Trinajstić information content (AvgIpc) is 2.84. The summed E-state index contributed by atoms with van der Waals surface area (Å²) in [5, 5.41) is 3.94. The van der Waals surface area contributed by atoms with E-state index in [9.17, 15) is 4.79 Å². The molecule has 1 unspecified atom stereocenters. The van der Waals surface area contributed by atoms with Gasteiger partial charge in [-0.3, -0.25) is 4.79 Å². The first-order chi connectivity index (χ1) is 9.58. The van der Waals surface area contributed by atoms with Gasteiger partial charge in [-0.2, -0.15) is 16.7 Å². The smallest absolute Gasteiger partial charge is 0.318 e. The molecule has 1 aromatic heterocycles. The first-order valence-electron chi connectivity index (χ1n) is 7.15. The molecule has 20 heavy (non-hydrogen) atoms. The third kappa shape index (κ3) is 5.53. The summed E-state index contributed by atoms with van der Waals surface area (Å²) in [5.41, 5.74) is 0. The molecule has 0 aliphatic heterocycles. The molecule has 0 aromatic carbocycles. The molecule has 0 aliphatic rings. The minimum atomic E-state index is -0.434. The summed E-state index contributed by atoms with van der Waals surface area (Å²) in [6.07, 6.45) is 1.53. The summed E-state index contributed by atoms with van der Waals surface area (Å²) in [5.74, 6) is 2.72. The zero-order valence-electron chi connectivity index (χ0n) is 12.7. The van der Waals surface area contributed by atoms with E-state index < -0.39 is 5.92 Å². The highest BCUT2D eigenvalue weighted by molar-refractivity contribution is 7.98. The van der Waals surface area contributed by atoms with Gasteiger partial charge in [0.2, 0.25) is 5.89 Å². The molecule has 0 N–H and O–H groups in total. The molecule has 0 bridgehead atoms. The second-order valence-electron chi connectivity index (χ2n) is 5.05. The van der Waals surface area contributed by atoms with Crippen molar-refractivity contribution in [3.8, 4) is 0 Å². The predicted molar refractivity (Wildman–Crippen MR) is 79.6 cm³/mol. The Morgan fingerprint density at radius 3 is 2.75 bits per heavy atom. The third-order valence-corrected chi connectivity index (χ3v) is 3.98. The molecule has 1 rings (SSSR count). The van der Waals surface area contributed by atoms with Crippen LogP contribution in [0, 0.1) is 5.92 Å². The van der Waals surface area contributed by atoms with Crippen molar-refractivity contribution in [3.05, 3.63) is 11.7 Å². The van der Waals surface area contributed by atoms with Crippen molar-refractivity contribution in [1.29, 1.82) is 0 Å². The summed E-state index contributed by atoms with van der Waals surface area (Å²) in [4.78, 5) is 16.2. The van der Waals surface area contributed by atoms with E-state index in [0.29, 0.717) is 36.4 Å². The number of ether oxygens (including phenoxy) is 1. The van der Waals surface area contributed by atoms with Crippen LogP contribution in [-0.2, 0) is 15.3 Å². The van der Waals surface area contributed by atoms with Crippen molar-refractivity contribution in [1.82, 2.24) is 10.1 Å². The first kappa shape index (κ1) is 17.0. The molecule has 0 fully saturated rings. The standard InChI is InChI=1S/C14H24N2O3S/c1-5-7-11(14(17)18-6-2)13-15-12(16-19-13)9-20-8-10(3)4/h10-11H,5-9H2,1-4H3. The van der Waals surface area contributed by atoms with Gasteiger partial charge in [-0.25, -0.2) is 0 Å². The second kappa shape index (κ2) is 9.00. The number of hydrogen-bond acceptors (Lipinski definition) is 6. The van der Waals surface area contributed by atoms with Crippen LogP contribution < -0.4 is 0 Å². The molecule has 1 atom stereocenters. The van der Waals surface area contributed by atoms with Crippen molar-refractivity contribution < 1.29 is 14.1 Å². The Morgan fingerprint density at radius 1 is 1.40 bits per heavy atom. The van der Waals surface area contributed by atoms with Crippen molar-refractivity contribution in [2.75, 3.05) is 12.4 Å². The monoisotopic (exact) mass is 300 g/mol. The Kier molecular flexibility index (Phi) is 7.65. The van der Waals surface area contributed by atoms with Crippen LogP contribution in [0.4, 0.5) is 0 Å². The van der Waals surface area contributed by atoms with Gasteiger partial charge in [0, 0.05) is 0 Å². The van der Waals surface area contributed by atoms with Gasteiger partial charge in [-0.05, 0) is 25.0 Å². The van der Waals surface area contributed by atoms with E-state index >= 15 is 0 Å². The molecule has 5 nitrogen and oxygen atoms in total. The topological polar surface area (TPSA) is 65.2 Å². The number of hydrogen-bond donors (Lipinski definition) is 0. The molecule has 1 aromatic rings. The SMILES string of the molecule is CCCC(C(=O)OCC)c1nc(CSCC(C)C)no1. The largest absolute Gasteiger partial charge is 0.465 e. The van der Waals surface area contributed by atoms with Crippen LogP contribution in [0.25, 0.3) is 0 Å². The molecular formula is C14H24N2O3S. The lowest BCUT2D eigenvalue weighted by atomic mass is 10.0. The van der Waals surface area contributed by atoms with Gasteiger partial charge in [0.05, 0.1) is 12.4 Å². The highest BCUT2D eigenvalue weighted by Crippen LogP contribution is 2.22. The maximum Gasteiger partial charge on any atom is 0.318 e. The number of carbonyl (C=O) groups is 1. The van der Waals surface area contributed by atoms with Gasteiger partial charge in [0.1, 0.15) is 5.92 Å². The van der Waals surface area contributed by atoms with Crippen LogP contribution in [0.1, 0.15) is 58.2 Å². The average molecular weight is 300 g/mol. The summed E-state index contributed by atoms with van der Waals surface area (Å²) < 4.78 is 10.3. The highest BCUT2D eigenvalue weighted by Gasteiger charge is 2.27. The minimum Gasteiger partial charge on any atom is -0.465 e. The van der Waals surface area contributed by atoms with Gasteiger partial charge >= 0.3 is 5.97 Å². The lowest BCUT2D eigenvalue weighted by molar-refractivity contribution is -0.145. The highest BCUT2D eigenvalue weighted by atomic mass is 32.2. The molecule has 0 saturated heterocycles. The molecular weight excluding hydrogens is 276 g/mol. The van der Waals surface area contributed by atoms with Crippen LogP contribution in [0.15, 0.2) is 4.52 Å². The van der Waals surface area contributed by atoms with Gasteiger partial charge in [0.25, 0.3) is 0 Å². The van der Waals surface area contributed by atoms with Crippen LogP contribution in [0.3, 0.4) is 0 Å². The van der Waals surface area contributed by atoms with Crippen LogP contribution in [0.5, 0.6) is 0 Å². The molecule has 0 radical (unpaired) electrons. The molecule has 0 saturated carbocycles. The number of esters is 1. The lowest BCUT2D eigenvalue weighted by Gasteiger charge is -2.09. The Bertz CT molecular complexity index is 407. The maximum absolute atomic E-state index is 11.9. The first-order valence-corrected chi connectivity index (χ1v) is 8.30. The third-order valence-electron chi connectivity index (χ3n) is 2.61. The number of aromatic nitrogens is 2. The molecule has 114 valence electrons. The van der Waals surface area contributed by atoms with Crippen molar-refractivity contribution in [3.63, 3.8) is 0 Å². The molecule has 6 heteroatoms. The quantitative estimate of drug-likeness (QED) is 0.651. The van der Waals surface area contributed by atoms with Gasteiger partial charge < -0.3 is 9.26 Å². The van der Waals surface area contributed by atoms with Crippen LogP contribution in [-0.4, -0.2) is 28.5 Å². The van der Waals surface area contributed by atoms with E-state index in [4.69, 9.17) is 9.26 Å². The lowest BCUT2D eigenvalue weighted by Crippen LogP contribution is -2.16. The van der Waals surface area contributed by atoms with Gasteiger partial charge in [-0.1, -0.05) is 32.3 Å². The summed E-state index contributed by atoms with van der Waals surface area (Å²) in [7, 11) is 0. The van der Waals surface area contributed by atoms with Crippen molar-refractivity contribution >= 4 is 17.7 Å². The van der Waals surface area contributed by atoms with Crippen molar-refractivity contribution in [2.24, 2.45) is 5.92 Å². The van der Waals surface area contributed by atoms with Crippen molar-refractivity contribution in [2.45, 2.75) is 52.2 Å². The van der Waals surface area contributed by atoms with E-state index in [-0.39, 0.29) is 5.97 Å². The molecule has 0 amide bonds. The van der Waals surface area contributed by atoms with E-state index in [1.807, 2.05) is 6.92 Å². The normalized spacial score (nSPS) is 12.7. The Morgan fingerprint density at radius 2 is 2.15 bits per heavy atom. The predicted octanol–water partition coefficient (Wildman–Crippen LogP) is 3.41. The maximum atomic E-state index is 11.9. The van der Waals surface area contributed by atoms with Gasteiger partial charge in [0.15, 0.2) is 5.82 Å². The zero-order valence-corrected chi connectivity index (χ0v) is 13.5. The second-order valence-corrected chi connectivity index (χ2v) is 6.08.